The Labute approximate surface area is 130 Å². The van der Waals surface area contributed by atoms with Crippen molar-refractivity contribution in [3.8, 4) is 5.75 Å². The first-order chi connectivity index (χ1) is 8.99. The third kappa shape index (κ3) is 3.28. The van der Waals surface area contributed by atoms with Crippen LogP contribution in [0.3, 0.4) is 0 Å². The molecule has 0 spiro atoms. The molecule has 0 N–H and O–H groups in total. The fourth-order valence-corrected chi connectivity index (χ4v) is 2.47. The molecule has 0 heterocycles. The zero-order chi connectivity index (χ0) is 14.0. The lowest BCUT2D eigenvalue weighted by atomic mass is 10.1. The van der Waals surface area contributed by atoms with Crippen molar-refractivity contribution < 1.29 is 9.53 Å². The number of hydrogen-bond donors (Lipinski definition) is 0. The second kappa shape index (κ2) is 5.92. The summed E-state index contributed by atoms with van der Waals surface area (Å²) in [6.07, 6.45) is 0. The molecule has 0 aliphatic rings. The van der Waals surface area contributed by atoms with E-state index in [-0.39, 0.29) is 5.97 Å². The molecule has 0 atom stereocenters. The van der Waals surface area contributed by atoms with Gasteiger partial charge < -0.3 is 4.74 Å². The lowest BCUT2D eigenvalue weighted by molar-refractivity contribution is 0.0733. The minimum absolute atomic E-state index is 0.355. The van der Waals surface area contributed by atoms with Crippen molar-refractivity contribution in [2.75, 3.05) is 0 Å². The molecule has 0 saturated carbocycles. The minimum Gasteiger partial charge on any atom is -0.423 e. The Kier molecular flexibility index (Phi) is 4.47. The van der Waals surface area contributed by atoms with Crippen LogP contribution in [0.4, 0.5) is 0 Å². The molecule has 2 rings (SSSR count). The number of halogens is 2. The molecule has 2 aromatic carbocycles. The predicted molar refractivity (Wildman–Crippen MR) is 85.0 cm³/mol. The van der Waals surface area contributed by atoms with Crippen molar-refractivity contribution in [2.24, 2.45) is 0 Å². The summed E-state index contributed by atoms with van der Waals surface area (Å²) in [5.74, 6) is 0.162. The van der Waals surface area contributed by atoms with Gasteiger partial charge in [-0.15, -0.1) is 0 Å². The molecule has 0 radical (unpaired) electrons. The SMILES string of the molecule is Cc1cc(OC(=O)c2ccccc2I)cc(C)c1Cl. The molecule has 0 aliphatic carbocycles. The van der Waals surface area contributed by atoms with Crippen LogP contribution < -0.4 is 4.74 Å². The summed E-state index contributed by atoms with van der Waals surface area (Å²) in [5, 5.41) is 0.703. The summed E-state index contributed by atoms with van der Waals surface area (Å²) in [6.45, 7) is 3.78. The Morgan fingerprint density at radius 1 is 1.16 bits per heavy atom. The molecule has 0 aromatic heterocycles. The zero-order valence-electron chi connectivity index (χ0n) is 10.5. The highest BCUT2D eigenvalue weighted by Crippen LogP contribution is 2.26. The first kappa shape index (κ1) is 14.3. The molecule has 0 amide bonds. The van der Waals surface area contributed by atoms with Gasteiger partial charge in [0.1, 0.15) is 5.75 Å². The summed E-state index contributed by atoms with van der Waals surface area (Å²) >= 11 is 8.20. The highest BCUT2D eigenvalue weighted by Gasteiger charge is 2.13. The van der Waals surface area contributed by atoms with E-state index in [9.17, 15) is 4.79 Å². The van der Waals surface area contributed by atoms with Crippen LogP contribution in [0.15, 0.2) is 36.4 Å². The standard InChI is InChI=1S/C15H12ClIO2/c1-9-7-11(8-10(2)14(9)16)19-15(18)12-5-3-4-6-13(12)17/h3-8H,1-2H3. The summed E-state index contributed by atoms with van der Waals surface area (Å²) in [6, 6.07) is 10.9. The number of rotatable bonds is 2. The molecule has 2 nitrogen and oxygen atoms in total. The van der Waals surface area contributed by atoms with Gasteiger partial charge >= 0.3 is 5.97 Å². The Morgan fingerprint density at radius 2 is 1.74 bits per heavy atom. The zero-order valence-corrected chi connectivity index (χ0v) is 13.4. The Bertz CT molecular complexity index is 615. The van der Waals surface area contributed by atoms with Crippen LogP contribution in [-0.2, 0) is 0 Å². The quantitative estimate of drug-likeness (QED) is 0.422. The van der Waals surface area contributed by atoms with Crippen molar-refractivity contribution in [3.63, 3.8) is 0 Å². The van der Waals surface area contributed by atoms with E-state index in [0.29, 0.717) is 16.3 Å². The molecule has 0 saturated heterocycles. The molecule has 0 aliphatic heterocycles. The van der Waals surface area contributed by atoms with Crippen LogP contribution >= 0.6 is 34.2 Å². The van der Waals surface area contributed by atoms with Gasteiger partial charge in [-0.2, -0.15) is 0 Å². The predicted octanol–water partition coefficient (Wildman–Crippen LogP) is 4.78. The van der Waals surface area contributed by atoms with Gasteiger partial charge in [-0.25, -0.2) is 4.79 Å². The number of carbonyl (C=O) groups is 1. The number of carbonyl (C=O) groups excluding carboxylic acids is 1. The molecule has 0 fully saturated rings. The summed E-state index contributed by atoms with van der Waals surface area (Å²) < 4.78 is 6.26. The monoisotopic (exact) mass is 386 g/mol. The number of benzene rings is 2. The van der Waals surface area contributed by atoms with Gasteiger partial charge in [-0.1, -0.05) is 23.7 Å². The maximum absolute atomic E-state index is 12.1. The van der Waals surface area contributed by atoms with Crippen molar-refractivity contribution >= 4 is 40.2 Å². The van der Waals surface area contributed by atoms with Crippen LogP contribution in [0.2, 0.25) is 5.02 Å². The highest BCUT2D eigenvalue weighted by atomic mass is 127. The van der Waals surface area contributed by atoms with E-state index in [0.717, 1.165) is 14.7 Å². The molecule has 2 aromatic rings. The van der Waals surface area contributed by atoms with E-state index in [1.54, 1.807) is 18.2 Å². The van der Waals surface area contributed by atoms with Gasteiger partial charge in [-0.3, -0.25) is 0 Å². The fourth-order valence-electron chi connectivity index (χ4n) is 1.75. The molecular formula is C15H12ClIO2. The van der Waals surface area contributed by atoms with Crippen LogP contribution in [-0.4, -0.2) is 5.97 Å². The van der Waals surface area contributed by atoms with Gasteiger partial charge in [-0.05, 0) is 71.8 Å². The average Bonchev–Trinajstić information content (AvgIpc) is 2.36. The molecule has 0 unspecified atom stereocenters. The van der Waals surface area contributed by atoms with E-state index in [1.165, 1.54) is 0 Å². The Morgan fingerprint density at radius 3 is 2.32 bits per heavy atom. The lowest BCUT2D eigenvalue weighted by Crippen LogP contribution is -2.10. The van der Waals surface area contributed by atoms with Gasteiger partial charge in [0.25, 0.3) is 0 Å². The number of aryl methyl sites for hydroxylation is 2. The molecule has 4 heteroatoms. The highest BCUT2D eigenvalue weighted by molar-refractivity contribution is 14.1. The first-order valence-corrected chi connectivity index (χ1v) is 7.18. The summed E-state index contributed by atoms with van der Waals surface area (Å²) in [7, 11) is 0. The maximum atomic E-state index is 12.1. The van der Waals surface area contributed by atoms with Gasteiger partial charge in [0.2, 0.25) is 0 Å². The maximum Gasteiger partial charge on any atom is 0.344 e. The Balaban J connectivity index is 2.27. The van der Waals surface area contributed by atoms with Crippen molar-refractivity contribution in [1.82, 2.24) is 0 Å². The third-order valence-corrected chi connectivity index (χ3v) is 4.25. The summed E-state index contributed by atoms with van der Waals surface area (Å²) in [4.78, 5) is 12.1. The minimum atomic E-state index is -0.355. The van der Waals surface area contributed by atoms with Crippen LogP contribution in [0.1, 0.15) is 21.5 Å². The van der Waals surface area contributed by atoms with E-state index >= 15 is 0 Å². The van der Waals surface area contributed by atoms with Gasteiger partial charge in [0.05, 0.1) is 5.56 Å². The topological polar surface area (TPSA) is 26.3 Å². The molecule has 19 heavy (non-hydrogen) atoms. The smallest absolute Gasteiger partial charge is 0.344 e. The number of hydrogen-bond acceptors (Lipinski definition) is 2. The Hall–Kier alpha value is -1.07. The largest absolute Gasteiger partial charge is 0.423 e. The normalized spacial score (nSPS) is 10.3. The fraction of sp³-hybridized carbons (Fsp3) is 0.133. The van der Waals surface area contributed by atoms with Crippen LogP contribution in [0.25, 0.3) is 0 Å². The van der Waals surface area contributed by atoms with E-state index in [2.05, 4.69) is 22.6 Å². The molecule has 98 valence electrons. The molecular weight excluding hydrogens is 375 g/mol. The van der Waals surface area contributed by atoms with Crippen LogP contribution in [0, 0.1) is 17.4 Å². The second-order valence-electron chi connectivity index (χ2n) is 4.24. The second-order valence-corrected chi connectivity index (χ2v) is 5.78. The third-order valence-electron chi connectivity index (χ3n) is 2.71. The van der Waals surface area contributed by atoms with Crippen LogP contribution in [0.5, 0.6) is 5.75 Å². The van der Waals surface area contributed by atoms with E-state index in [1.807, 2.05) is 32.0 Å². The van der Waals surface area contributed by atoms with E-state index in [4.69, 9.17) is 16.3 Å². The number of ether oxygens (including phenoxy) is 1. The van der Waals surface area contributed by atoms with Crippen molar-refractivity contribution in [1.29, 1.82) is 0 Å². The lowest BCUT2D eigenvalue weighted by Gasteiger charge is -2.09. The molecule has 0 bridgehead atoms. The van der Waals surface area contributed by atoms with Crippen molar-refractivity contribution in [3.05, 3.63) is 61.7 Å². The average molecular weight is 387 g/mol. The van der Waals surface area contributed by atoms with Crippen molar-refractivity contribution in [2.45, 2.75) is 13.8 Å². The van der Waals surface area contributed by atoms with Gasteiger partial charge in [0, 0.05) is 8.59 Å². The first-order valence-electron chi connectivity index (χ1n) is 5.72. The van der Waals surface area contributed by atoms with Gasteiger partial charge in [0.15, 0.2) is 0 Å². The van der Waals surface area contributed by atoms with E-state index < -0.39 is 0 Å². The summed E-state index contributed by atoms with van der Waals surface area (Å²) in [5.41, 5.74) is 2.35. The number of esters is 1.